The summed E-state index contributed by atoms with van der Waals surface area (Å²) >= 11 is 0. The van der Waals surface area contributed by atoms with Crippen LogP contribution in [-0.2, 0) is 7.05 Å². The van der Waals surface area contributed by atoms with Crippen molar-refractivity contribution in [1.82, 2.24) is 39.9 Å². The lowest BCUT2D eigenvalue weighted by Crippen LogP contribution is -2.43. The first-order chi connectivity index (χ1) is 17.8. The lowest BCUT2D eigenvalue weighted by molar-refractivity contribution is 0.0940. The van der Waals surface area contributed by atoms with Crippen LogP contribution in [0.2, 0.25) is 0 Å². The van der Waals surface area contributed by atoms with Gasteiger partial charge >= 0.3 is 0 Å². The second kappa shape index (κ2) is 10.1. The largest absolute Gasteiger partial charge is 0.351 e. The number of aromatic nitrogens is 6. The second-order valence-electron chi connectivity index (χ2n) is 9.90. The lowest BCUT2D eigenvalue weighted by Gasteiger charge is -2.31. The van der Waals surface area contributed by atoms with Crippen LogP contribution in [-0.4, -0.2) is 65.7 Å². The fraction of sp³-hybridized carbons (Fsp3) is 0.385. The smallest absolute Gasteiger partial charge is 0.252 e. The maximum atomic E-state index is 12.9. The molecule has 1 saturated heterocycles. The topological polar surface area (TPSA) is 126 Å². The Morgan fingerprint density at radius 2 is 1.95 bits per heavy atom. The van der Waals surface area contributed by atoms with Crippen molar-refractivity contribution in [2.45, 2.75) is 39.2 Å². The van der Waals surface area contributed by atoms with Crippen LogP contribution in [0.5, 0.6) is 0 Å². The molecule has 11 heteroatoms. The Bertz CT molecular complexity index is 1420. The van der Waals surface area contributed by atoms with Crippen LogP contribution < -0.4 is 16.0 Å². The van der Waals surface area contributed by atoms with Gasteiger partial charge in [-0.2, -0.15) is 10.1 Å². The zero-order valence-electron chi connectivity index (χ0n) is 21.6. The molecule has 0 aromatic carbocycles. The van der Waals surface area contributed by atoms with Crippen LogP contribution in [0.1, 0.15) is 42.7 Å². The monoisotopic (exact) mass is 500 g/mol. The Balaban J connectivity index is 1.29. The molecule has 0 unspecified atom stereocenters. The van der Waals surface area contributed by atoms with E-state index in [0.717, 1.165) is 29.9 Å². The van der Waals surface area contributed by atoms with Gasteiger partial charge in [0, 0.05) is 56.2 Å². The summed E-state index contributed by atoms with van der Waals surface area (Å²) in [6.45, 7) is 8.91. The van der Waals surface area contributed by atoms with E-state index in [1.54, 1.807) is 35.5 Å². The highest BCUT2D eigenvalue weighted by Gasteiger charge is 2.31. The van der Waals surface area contributed by atoms with Crippen molar-refractivity contribution < 1.29 is 4.79 Å². The summed E-state index contributed by atoms with van der Waals surface area (Å²) < 4.78 is 1.69. The quantitative estimate of drug-likeness (QED) is 0.333. The van der Waals surface area contributed by atoms with Gasteiger partial charge in [-0.05, 0) is 58.4 Å². The number of aryl methyl sites for hydroxylation is 2. The molecule has 4 aromatic heterocycles. The van der Waals surface area contributed by atoms with E-state index in [9.17, 15) is 4.79 Å². The lowest BCUT2D eigenvalue weighted by atomic mass is 10.0. The third-order valence-corrected chi connectivity index (χ3v) is 6.86. The third kappa shape index (κ3) is 5.36. The molecule has 1 fully saturated rings. The van der Waals surface area contributed by atoms with Crippen LogP contribution in [0.3, 0.4) is 0 Å². The van der Waals surface area contributed by atoms with E-state index in [0.29, 0.717) is 35.2 Å². The minimum absolute atomic E-state index is 0.145. The maximum absolute atomic E-state index is 12.9. The first kappa shape index (κ1) is 24.6. The van der Waals surface area contributed by atoms with E-state index >= 15 is 0 Å². The number of nitrogens with zero attached hydrogens (tertiary/aromatic N) is 7. The number of carbonyl (C=O) groups is 1. The standard InChI is InChI=1S/C26H32N10O/c1-17-21(14-18(15-29-17)24(37)28-11-13-36-12-5-8-26(36,2)3)32-22-20-16-30-25(33-23(20)35(4)34-22)31-19-6-9-27-10-7-19/h6-7,9-10,14-16H,5,8,11-13H2,1-4H3,(H,28,37)(H,32,34)(H,27,30,31,33). The van der Waals surface area contributed by atoms with E-state index in [1.807, 2.05) is 26.1 Å². The molecule has 0 aliphatic carbocycles. The number of hydrogen-bond donors (Lipinski definition) is 3. The number of fused-ring (bicyclic) bond motifs is 1. The molecule has 1 aliphatic rings. The van der Waals surface area contributed by atoms with Gasteiger partial charge in [-0.15, -0.1) is 0 Å². The van der Waals surface area contributed by atoms with Crippen molar-refractivity contribution in [3.8, 4) is 0 Å². The molecule has 0 atom stereocenters. The number of pyridine rings is 2. The number of nitrogens with one attached hydrogen (secondary N) is 3. The zero-order valence-corrected chi connectivity index (χ0v) is 21.6. The summed E-state index contributed by atoms with van der Waals surface area (Å²) in [5.41, 5.74) is 3.65. The predicted octanol–water partition coefficient (Wildman–Crippen LogP) is 3.55. The molecule has 5 heterocycles. The van der Waals surface area contributed by atoms with Crippen molar-refractivity contribution in [3.63, 3.8) is 0 Å². The SMILES string of the molecule is Cc1ncc(C(=O)NCCN2CCCC2(C)C)cc1Nc1nn(C)c2nc(Nc3ccncc3)ncc12. The summed E-state index contributed by atoms with van der Waals surface area (Å²) in [7, 11) is 1.83. The molecule has 1 amide bonds. The first-order valence-corrected chi connectivity index (χ1v) is 12.4. The molecule has 37 heavy (non-hydrogen) atoms. The van der Waals surface area contributed by atoms with Crippen molar-refractivity contribution in [3.05, 3.63) is 54.2 Å². The predicted molar refractivity (Wildman–Crippen MR) is 143 cm³/mol. The van der Waals surface area contributed by atoms with Gasteiger partial charge in [0.1, 0.15) is 0 Å². The molecular weight excluding hydrogens is 468 g/mol. The number of rotatable bonds is 8. The van der Waals surface area contributed by atoms with Crippen LogP contribution in [0.4, 0.5) is 23.1 Å². The van der Waals surface area contributed by atoms with Crippen LogP contribution in [0, 0.1) is 6.92 Å². The summed E-state index contributed by atoms with van der Waals surface area (Å²) in [6, 6.07) is 5.49. The molecule has 0 saturated carbocycles. The van der Waals surface area contributed by atoms with Crippen LogP contribution >= 0.6 is 0 Å². The summed E-state index contributed by atoms with van der Waals surface area (Å²) in [4.78, 5) is 32.8. The molecule has 0 radical (unpaired) electrons. The Morgan fingerprint density at radius 1 is 1.14 bits per heavy atom. The van der Waals surface area contributed by atoms with Gasteiger partial charge in [0.2, 0.25) is 5.95 Å². The molecule has 11 nitrogen and oxygen atoms in total. The highest BCUT2D eigenvalue weighted by molar-refractivity contribution is 5.96. The maximum Gasteiger partial charge on any atom is 0.252 e. The minimum Gasteiger partial charge on any atom is -0.351 e. The van der Waals surface area contributed by atoms with Crippen molar-refractivity contribution in [2.24, 2.45) is 7.05 Å². The van der Waals surface area contributed by atoms with Crippen LogP contribution in [0.25, 0.3) is 11.0 Å². The number of carbonyl (C=O) groups excluding carboxylic acids is 1. The fourth-order valence-electron chi connectivity index (χ4n) is 4.65. The third-order valence-electron chi connectivity index (χ3n) is 6.86. The highest BCUT2D eigenvalue weighted by Crippen LogP contribution is 2.28. The van der Waals surface area contributed by atoms with E-state index < -0.39 is 0 Å². The number of anilines is 4. The summed E-state index contributed by atoms with van der Waals surface area (Å²) in [6.07, 6.45) is 9.12. The Hall–Kier alpha value is -4.12. The van der Waals surface area contributed by atoms with Crippen molar-refractivity contribution >= 4 is 40.1 Å². The average Bonchev–Trinajstić information content (AvgIpc) is 3.38. The van der Waals surface area contributed by atoms with E-state index in [-0.39, 0.29) is 11.4 Å². The summed E-state index contributed by atoms with van der Waals surface area (Å²) in [5.74, 6) is 0.905. The normalized spacial score (nSPS) is 15.1. The van der Waals surface area contributed by atoms with E-state index in [4.69, 9.17) is 0 Å². The zero-order chi connectivity index (χ0) is 26.0. The number of hydrogen-bond acceptors (Lipinski definition) is 9. The molecule has 0 spiro atoms. The van der Waals surface area contributed by atoms with Gasteiger partial charge in [0.15, 0.2) is 11.5 Å². The fourth-order valence-corrected chi connectivity index (χ4v) is 4.65. The second-order valence-corrected chi connectivity index (χ2v) is 9.90. The molecule has 3 N–H and O–H groups in total. The Kier molecular flexibility index (Phi) is 6.70. The molecule has 1 aliphatic heterocycles. The molecule has 0 bridgehead atoms. The van der Waals surface area contributed by atoms with Gasteiger partial charge in [-0.1, -0.05) is 0 Å². The first-order valence-electron chi connectivity index (χ1n) is 12.4. The molecular formula is C26H32N10O. The molecule has 4 aromatic rings. The Morgan fingerprint density at radius 3 is 2.70 bits per heavy atom. The average molecular weight is 501 g/mol. The molecule has 192 valence electrons. The Labute approximate surface area is 215 Å². The minimum atomic E-state index is -0.145. The molecule has 5 rings (SSSR count). The van der Waals surface area contributed by atoms with Crippen molar-refractivity contribution in [1.29, 1.82) is 0 Å². The van der Waals surface area contributed by atoms with Crippen LogP contribution in [0.15, 0.2) is 43.0 Å². The number of amides is 1. The van der Waals surface area contributed by atoms with Gasteiger partial charge in [0.05, 0.1) is 22.3 Å². The van der Waals surface area contributed by atoms with Gasteiger partial charge in [0.25, 0.3) is 5.91 Å². The number of likely N-dealkylation sites (tertiary alicyclic amines) is 1. The summed E-state index contributed by atoms with van der Waals surface area (Å²) in [5, 5.41) is 14.9. The van der Waals surface area contributed by atoms with Gasteiger partial charge < -0.3 is 16.0 Å². The van der Waals surface area contributed by atoms with E-state index in [1.165, 1.54) is 12.8 Å². The van der Waals surface area contributed by atoms with Gasteiger partial charge in [-0.25, -0.2) is 9.67 Å². The van der Waals surface area contributed by atoms with E-state index in [2.05, 4.69) is 59.7 Å². The van der Waals surface area contributed by atoms with Gasteiger partial charge in [-0.3, -0.25) is 19.7 Å². The highest BCUT2D eigenvalue weighted by atomic mass is 16.1. The van der Waals surface area contributed by atoms with Crippen molar-refractivity contribution in [2.75, 3.05) is 30.3 Å².